The van der Waals surface area contributed by atoms with Crippen molar-refractivity contribution in [2.45, 2.75) is 153 Å². The van der Waals surface area contributed by atoms with Gasteiger partial charge in [0, 0.05) is 144 Å². The highest BCUT2D eigenvalue weighted by molar-refractivity contribution is 8.90. The van der Waals surface area contributed by atoms with E-state index in [2.05, 4.69) is 21.3 Å². The predicted molar refractivity (Wildman–Crippen MR) is 447 cm³/mol. The number of rotatable bonds is 4. The van der Waals surface area contributed by atoms with E-state index in [1.165, 1.54) is 133 Å². The lowest BCUT2D eigenvalue weighted by molar-refractivity contribution is 0.252. The van der Waals surface area contributed by atoms with E-state index in [0.717, 1.165) is 133 Å². The minimum absolute atomic E-state index is 0.0322. The number of hydrogen-bond acceptors (Lipinski definition) is 23. The normalized spacial score (nSPS) is 15.6. The molecule has 14 nitrogen and oxygen atoms in total. The molecule has 2 aromatic carbocycles. The van der Waals surface area contributed by atoms with E-state index in [1.54, 1.807) is 107 Å². The number of thiocarbonyl (C=S) groups is 6. The van der Waals surface area contributed by atoms with Crippen LogP contribution in [0, 0.1) is 0 Å². The second-order valence-corrected chi connectivity index (χ2v) is 37.2. The molecule has 5 aliphatic rings. The van der Waals surface area contributed by atoms with Gasteiger partial charge in [0.1, 0.15) is 8.64 Å². The largest absolute Gasteiger partial charge is 0.368 e. The molecule has 5 aromatic heterocycles. The first-order chi connectivity index (χ1) is 46.6. The first-order valence-corrected chi connectivity index (χ1v) is 45.4. The third kappa shape index (κ3) is 29.8. The van der Waals surface area contributed by atoms with Crippen LogP contribution in [0.5, 0.6) is 0 Å². The molecule has 0 bridgehead atoms. The van der Waals surface area contributed by atoms with Crippen LogP contribution in [0.4, 0.5) is 19.2 Å². The van der Waals surface area contributed by atoms with Gasteiger partial charge in [-0.25, -0.2) is 0 Å². The Balaban J connectivity index is 0.000000164. The fourth-order valence-electron chi connectivity index (χ4n) is 10.2. The van der Waals surface area contributed by atoms with Gasteiger partial charge >= 0.3 is 10.5 Å². The highest BCUT2D eigenvalue weighted by Gasteiger charge is 2.22. The fourth-order valence-corrected chi connectivity index (χ4v) is 20.8. The molecule has 4 aliphatic carbocycles. The summed E-state index contributed by atoms with van der Waals surface area (Å²) in [5.41, 5.74) is 2.28. The molecular formula is C65H74N8O6S17. The van der Waals surface area contributed by atoms with E-state index in [-0.39, 0.29) is 30.4 Å². The quantitative estimate of drug-likeness (QED) is 0.0968. The lowest BCUT2D eigenvalue weighted by Gasteiger charge is -2.25. The molecule has 4 fully saturated rings. The molecule has 2 amide bonds. The van der Waals surface area contributed by atoms with Crippen LogP contribution in [0.2, 0.25) is 0 Å². The first kappa shape index (κ1) is 80.2. The topological polar surface area (TPSA) is 170 Å². The van der Waals surface area contributed by atoms with Crippen LogP contribution in [0.25, 0.3) is 10.8 Å². The third-order valence-electron chi connectivity index (χ3n) is 15.1. The Labute approximate surface area is 637 Å². The Morgan fingerprint density at radius 1 is 0.375 bits per heavy atom. The predicted octanol–water partition coefficient (Wildman–Crippen LogP) is 20.7. The molecule has 0 spiro atoms. The molecule has 6 heterocycles. The van der Waals surface area contributed by atoms with Gasteiger partial charge in [-0.1, -0.05) is 187 Å². The van der Waals surface area contributed by atoms with Crippen LogP contribution >= 0.6 is 192 Å². The molecule has 4 N–H and O–H groups in total. The average molecular weight is 1610 g/mol. The summed E-state index contributed by atoms with van der Waals surface area (Å²) < 4.78 is 10.9. The minimum atomic E-state index is -0.185. The molecule has 512 valence electrons. The van der Waals surface area contributed by atoms with E-state index in [4.69, 9.17) is 73.3 Å². The van der Waals surface area contributed by atoms with E-state index < -0.39 is 0 Å². The maximum Gasteiger partial charge on any atom is 0.300 e. The number of thioether (sulfide) groups is 1. The smallest absolute Gasteiger partial charge is 0.300 e. The van der Waals surface area contributed by atoms with Crippen LogP contribution in [-0.4, -0.2) is 95.5 Å². The van der Waals surface area contributed by atoms with Crippen molar-refractivity contribution in [2.24, 2.45) is 0 Å². The summed E-state index contributed by atoms with van der Waals surface area (Å²) >= 11 is 33.4. The maximum absolute atomic E-state index is 11.8. The molecule has 0 saturated heterocycles. The fraction of sp³-hybridized carbons (Fsp3) is 0.385. The van der Waals surface area contributed by atoms with Crippen molar-refractivity contribution in [3.63, 3.8) is 0 Å². The lowest BCUT2D eigenvalue weighted by atomic mass is 9.96. The Hall–Kier alpha value is -3.09. The zero-order valence-electron chi connectivity index (χ0n) is 52.2. The molecule has 0 radical (unpaired) electrons. The Bertz CT molecular complexity index is 3330. The standard InChI is InChI=1S/C14H24N2O2S2.C14H24N2S4.C10H8N2O2S2.C10H8N2S4.C9H6S3.C8H4O2S2/c2*17-13(15-11-7-3-1-4-8-11)19-20-14(18)16-12-9-5-2-6-10-12;2*13-9(11-5-1-2-6-11)15-16-10(14)12-7-3-4-8-12;10-8-5-12-9(11)7-4-2-1-3-6(7)8;9-7-5-3-1-2-4-6(5)8(10)12-11-7/h2*11-12H,1-10H2,(H,15,17)(H,16,18);2*1-8H;1-4H,5H2;1-4H. The van der Waals surface area contributed by atoms with Crippen molar-refractivity contribution in [3.05, 3.63) is 177 Å². The Morgan fingerprint density at radius 3 is 1.03 bits per heavy atom. The van der Waals surface area contributed by atoms with Crippen LogP contribution in [0.15, 0.2) is 156 Å². The number of aromatic nitrogens is 4. The van der Waals surface area contributed by atoms with Gasteiger partial charge in [0.25, 0.3) is 10.5 Å². The second kappa shape index (κ2) is 45.7. The van der Waals surface area contributed by atoms with Crippen molar-refractivity contribution in [2.75, 3.05) is 5.75 Å². The van der Waals surface area contributed by atoms with Crippen molar-refractivity contribution >= 4 is 250 Å². The number of amides is 2. The van der Waals surface area contributed by atoms with Gasteiger partial charge in [0.2, 0.25) is 9.48 Å². The van der Waals surface area contributed by atoms with Crippen molar-refractivity contribution in [1.29, 1.82) is 0 Å². The number of nitrogens with one attached hydrogen (secondary N) is 4. The van der Waals surface area contributed by atoms with Gasteiger partial charge in [-0.2, -0.15) is 0 Å². The minimum Gasteiger partial charge on any atom is -0.368 e. The summed E-state index contributed by atoms with van der Waals surface area (Å²) in [5, 5.41) is 13.5. The molecular weight excluding hydrogens is 1530 g/mol. The monoisotopic (exact) mass is 1610 g/mol. The summed E-state index contributed by atoms with van der Waals surface area (Å²) in [7, 11) is 12.0. The van der Waals surface area contributed by atoms with Gasteiger partial charge < -0.3 is 30.4 Å². The van der Waals surface area contributed by atoms with E-state index in [0.29, 0.717) is 34.9 Å². The van der Waals surface area contributed by atoms with Crippen LogP contribution in [0.1, 0.15) is 140 Å². The zero-order chi connectivity index (χ0) is 68.3. The maximum atomic E-state index is 11.8. The summed E-state index contributed by atoms with van der Waals surface area (Å²) in [6.45, 7) is 0. The van der Waals surface area contributed by atoms with Crippen LogP contribution in [0.3, 0.4) is 0 Å². The second-order valence-electron chi connectivity index (χ2n) is 22.0. The highest BCUT2D eigenvalue weighted by Crippen LogP contribution is 2.31. The molecule has 1 aliphatic heterocycles. The molecule has 7 aromatic rings. The van der Waals surface area contributed by atoms with Crippen molar-refractivity contribution < 1.29 is 19.2 Å². The summed E-state index contributed by atoms with van der Waals surface area (Å²) in [6, 6.07) is 31.6. The van der Waals surface area contributed by atoms with Crippen LogP contribution in [-0.2, 0) is 0 Å². The Morgan fingerprint density at radius 2 is 0.688 bits per heavy atom. The van der Waals surface area contributed by atoms with Crippen molar-refractivity contribution in [3.8, 4) is 0 Å². The molecule has 4 saturated carbocycles. The van der Waals surface area contributed by atoms with E-state index in [9.17, 15) is 28.8 Å². The number of benzene rings is 2. The molecule has 12 rings (SSSR count). The zero-order valence-corrected chi connectivity index (χ0v) is 66.1. The lowest BCUT2D eigenvalue weighted by Crippen LogP contribution is -2.35. The SMILES string of the molecule is O=C(NC1CCCCC1)SSC(=O)NC1CCCCC1.O=C(SSC(=O)n1cccc1)n1cccc1.O=c1ssc(=O)c2ccccc12.S=C(NC1CCCCC1)SSC(=S)NC1CCCCC1.S=C(SSC(=S)n1cccc1)n1cccc1.S=C1CSC(=S)c2ccccc21. The Kier molecular flexibility index (Phi) is 38.2. The highest BCUT2D eigenvalue weighted by atomic mass is 33.1. The molecule has 0 unspecified atom stereocenters. The number of nitrogens with zero attached hydrogens (tertiary/aromatic N) is 4. The van der Waals surface area contributed by atoms with Crippen molar-refractivity contribution in [1.82, 2.24) is 39.5 Å². The number of fused-ring (bicyclic) bond motifs is 2. The van der Waals surface area contributed by atoms with Gasteiger partial charge in [-0.05, 0) is 181 Å². The average Bonchev–Trinajstić information content (AvgIpc) is 2.23. The van der Waals surface area contributed by atoms with Gasteiger partial charge in [-0.3, -0.25) is 37.9 Å². The van der Waals surface area contributed by atoms with Gasteiger partial charge in [0.05, 0.1) is 4.20 Å². The number of hydrogen-bond donors (Lipinski definition) is 4. The van der Waals surface area contributed by atoms with Gasteiger partial charge in [-0.15, -0.1) is 11.8 Å². The summed E-state index contributed by atoms with van der Waals surface area (Å²) in [6.07, 6.45) is 39.1. The number of carbonyl (C=O) groups excluding carboxylic acids is 4. The van der Waals surface area contributed by atoms with Crippen LogP contribution < -0.4 is 30.8 Å². The summed E-state index contributed by atoms with van der Waals surface area (Å²) in [5.74, 6) is 0.866. The molecule has 96 heavy (non-hydrogen) atoms. The van der Waals surface area contributed by atoms with E-state index >= 15 is 0 Å². The molecule has 0 atom stereocenters. The van der Waals surface area contributed by atoms with Gasteiger partial charge in [0.15, 0.2) is 8.64 Å². The van der Waals surface area contributed by atoms with E-state index in [1.807, 2.05) is 82.5 Å². The first-order valence-electron chi connectivity index (χ1n) is 31.2. The number of carbonyl (C=O) groups is 4. The third-order valence-corrected chi connectivity index (χ3v) is 29.5. The molecule has 31 heteroatoms. The summed E-state index contributed by atoms with van der Waals surface area (Å²) in [4.78, 5) is 70.0.